The summed E-state index contributed by atoms with van der Waals surface area (Å²) in [5, 5.41) is 2.62. The predicted octanol–water partition coefficient (Wildman–Crippen LogP) is -0.0450. The van der Waals surface area contributed by atoms with Crippen molar-refractivity contribution in [3.8, 4) is 0 Å². The Morgan fingerprint density at radius 2 is 2.16 bits per heavy atom. The predicted molar refractivity (Wildman–Crippen MR) is 68.9 cm³/mol. The first-order chi connectivity index (χ1) is 8.77. The molecular formula is C13H21N2O4. The van der Waals surface area contributed by atoms with E-state index in [1.54, 1.807) is 13.8 Å². The fourth-order valence-corrected chi connectivity index (χ4v) is 1.77. The fraction of sp³-hybridized carbons (Fsp3) is 0.692. The van der Waals surface area contributed by atoms with Gasteiger partial charge in [0.2, 0.25) is 11.8 Å². The largest absolute Gasteiger partial charge is 0.369 e. The molecule has 3 N–H and O–H groups in total. The number of nitrogens with two attached hydrogens (primary N) is 1. The number of carbonyl (C=O) groups is 3. The third kappa shape index (κ3) is 4.02. The number of hydrogen-bond donors (Lipinski definition) is 2. The van der Waals surface area contributed by atoms with Gasteiger partial charge in [-0.2, -0.15) is 0 Å². The van der Waals surface area contributed by atoms with Crippen LogP contribution in [0.4, 0.5) is 0 Å². The monoisotopic (exact) mass is 269 g/mol. The SMILES string of the molecule is CC[C@@H]1OCC(=O)C1NC(=O)[CH]CC(C)(C)C(N)=O. The van der Waals surface area contributed by atoms with Crippen LogP contribution >= 0.6 is 0 Å². The van der Waals surface area contributed by atoms with Crippen molar-refractivity contribution >= 4 is 17.6 Å². The number of carbonyl (C=O) groups excluding carboxylic acids is 3. The van der Waals surface area contributed by atoms with Gasteiger partial charge in [0.05, 0.1) is 12.5 Å². The van der Waals surface area contributed by atoms with Crippen LogP contribution in [0.5, 0.6) is 0 Å². The van der Waals surface area contributed by atoms with Crippen LogP contribution in [-0.2, 0) is 19.1 Å². The number of rotatable bonds is 6. The highest BCUT2D eigenvalue weighted by molar-refractivity contribution is 5.94. The van der Waals surface area contributed by atoms with Crippen molar-refractivity contribution in [1.29, 1.82) is 0 Å². The second kappa shape index (κ2) is 6.14. The van der Waals surface area contributed by atoms with Crippen molar-refractivity contribution in [2.45, 2.75) is 45.8 Å². The number of hydrogen-bond acceptors (Lipinski definition) is 4. The highest BCUT2D eigenvalue weighted by atomic mass is 16.5. The van der Waals surface area contributed by atoms with Gasteiger partial charge in [-0.05, 0) is 12.8 Å². The zero-order valence-electron chi connectivity index (χ0n) is 11.6. The Balaban J connectivity index is 2.47. The lowest BCUT2D eigenvalue weighted by Crippen LogP contribution is -2.45. The van der Waals surface area contributed by atoms with Crippen molar-refractivity contribution in [2.75, 3.05) is 6.61 Å². The van der Waals surface area contributed by atoms with Crippen molar-refractivity contribution in [2.24, 2.45) is 11.1 Å². The third-order valence-corrected chi connectivity index (χ3v) is 3.32. The molecule has 1 aliphatic heterocycles. The van der Waals surface area contributed by atoms with Crippen LogP contribution in [-0.4, -0.2) is 36.4 Å². The van der Waals surface area contributed by atoms with E-state index in [0.717, 1.165) is 0 Å². The fourth-order valence-electron chi connectivity index (χ4n) is 1.77. The van der Waals surface area contributed by atoms with Gasteiger partial charge >= 0.3 is 0 Å². The summed E-state index contributed by atoms with van der Waals surface area (Å²) >= 11 is 0. The maximum atomic E-state index is 11.7. The van der Waals surface area contributed by atoms with E-state index >= 15 is 0 Å². The third-order valence-electron chi connectivity index (χ3n) is 3.32. The molecule has 6 nitrogen and oxygen atoms in total. The molecule has 19 heavy (non-hydrogen) atoms. The van der Waals surface area contributed by atoms with Gasteiger partial charge in [0, 0.05) is 5.41 Å². The van der Waals surface area contributed by atoms with Crippen LogP contribution in [0.3, 0.4) is 0 Å². The zero-order chi connectivity index (χ0) is 14.6. The topological polar surface area (TPSA) is 98.5 Å². The summed E-state index contributed by atoms with van der Waals surface area (Å²) in [7, 11) is 0. The number of primary amides is 1. The maximum Gasteiger partial charge on any atom is 0.224 e. The molecule has 1 heterocycles. The molecule has 1 rings (SSSR count). The smallest absolute Gasteiger partial charge is 0.224 e. The molecule has 2 atom stereocenters. The van der Waals surface area contributed by atoms with E-state index in [2.05, 4.69) is 5.32 Å². The normalized spacial score (nSPS) is 23.4. The van der Waals surface area contributed by atoms with E-state index in [9.17, 15) is 14.4 Å². The summed E-state index contributed by atoms with van der Waals surface area (Å²) in [6.07, 6.45) is 1.97. The van der Waals surface area contributed by atoms with Crippen LogP contribution < -0.4 is 11.1 Å². The van der Waals surface area contributed by atoms with Gasteiger partial charge in [-0.25, -0.2) is 0 Å². The number of Topliss-reactive ketones (excluding diaryl/α,β-unsaturated/α-hetero) is 1. The second-order valence-electron chi connectivity index (χ2n) is 5.37. The van der Waals surface area contributed by atoms with Gasteiger partial charge in [-0.15, -0.1) is 0 Å². The van der Waals surface area contributed by atoms with Crippen LogP contribution in [0.1, 0.15) is 33.6 Å². The molecule has 1 fully saturated rings. The minimum absolute atomic E-state index is 0.0379. The quantitative estimate of drug-likeness (QED) is 0.706. The van der Waals surface area contributed by atoms with Crippen molar-refractivity contribution in [1.82, 2.24) is 5.32 Å². The average Bonchev–Trinajstić information content (AvgIpc) is 2.68. The van der Waals surface area contributed by atoms with Crippen LogP contribution in [0, 0.1) is 11.8 Å². The first-order valence-corrected chi connectivity index (χ1v) is 6.36. The molecule has 2 amide bonds. The molecule has 1 aliphatic rings. The van der Waals surface area contributed by atoms with E-state index < -0.39 is 17.4 Å². The molecule has 1 radical (unpaired) electrons. The van der Waals surface area contributed by atoms with Gasteiger partial charge < -0.3 is 15.8 Å². The molecule has 107 valence electrons. The lowest BCUT2D eigenvalue weighted by Gasteiger charge is -2.21. The summed E-state index contributed by atoms with van der Waals surface area (Å²) in [5.74, 6) is -0.970. The number of ketones is 1. The Labute approximate surface area is 113 Å². The molecule has 0 saturated carbocycles. The summed E-state index contributed by atoms with van der Waals surface area (Å²) < 4.78 is 5.26. The summed E-state index contributed by atoms with van der Waals surface area (Å²) in [6.45, 7) is 5.26. The Bertz CT molecular complexity index is 379. The van der Waals surface area contributed by atoms with Crippen LogP contribution in [0.2, 0.25) is 0 Å². The molecule has 6 heteroatoms. The number of ether oxygens (including phenoxy) is 1. The zero-order valence-corrected chi connectivity index (χ0v) is 11.6. The first-order valence-electron chi connectivity index (χ1n) is 6.36. The van der Waals surface area contributed by atoms with E-state index in [-0.39, 0.29) is 30.8 Å². The Morgan fingerprint density at radius 3 is 2.68 bits per heavy atom. The molecule has 0 bridgehead atoms. The first kappa shape index (κ1) is 15.6. The summed E-state index contributed by atoms with van der Waals surface area (Å²) in [6, 6.07) is -0.592. The minimum Gasteiger partial charge on any atom is -0.369 e. The lowest BCUT2D eigenvalue weighted by atomic mass is 9.87. The molecule has 0 aromatic carbocycles. The lowest BCUT2D eigenvalue weighted by molar-refractivity contribution is -0.127. The summed E-state index contributed by atoms with van der Waals surface area (Å²) in [5.41, 5.74) is 4.44. The van der Waals surface area contributed by atoms with Gasteiger partial charge in [-0.3, -0.25) is 14.4 Å². The minimum atomic E-state index is -0.780. The second-order valence-corrected chi connectivity index (χ2v) is 5.37. The molecule has 0 aromatic heterocycles. The van der Waals surface area contributed by atoms with Crippen LogP contribution in [0.25, 0.3) is 0 Å². The Kier molecular flexibility index (Phi) is 5.05. The molecular weight excluding hydrogens is 248 g/mol. The number of amides is 2. The molecule has 0 aromatic rings. The van der Waals surface area contributed by atoms with Gasteiger partial charge in [0.15, 0.2) is 5.78 Å². The maximum absolute atomic E-state index is 11.7. The van der Waals surface area contributed by atoms with Crippen molar-refractivity contribution < 1.29 is 19.1 Å². The van der Waals surface area contributed by atoms with E-state index in [1.807, 2.05) is 6.92 Å². The standard InChI is InChI=1S/C13H21N2O4/c1-4-9-11(8(16)7-19-9)15-10(17)5-6-13(2,3)12(14)18/h5,9,11H,4,6-7H2,1-3H3,(H2,14,18)(H,15,17)/t9-,11?/m0/s1. The molecule has 1 unspecified atom stereocenters. The van der Waals surface area contributed by atoms with Gasteiger partial charge in [-0.1, -0.05) is 20.8 Å². The van der Waals surface area contributed by atoms with Crippen LogP contribution in [0.15, 0.2) is 0 Å². The molecule has 0 aliphatic carbocycles. The Hall–Kier alpha value is -1.43. The average molecular weight is 269 g/mol. The van der Waals surface area contributed by atoms with E-state index in [0.29, 0.717) is 6.42 Å². The van der Waals surface area contributed by atoms with Gasteiger partial charge in [0.1, 0.15) is 12.6 Å². The Morgan fingerprint density at radius 1 is 1.53 bits per heavy atom. The van der Waals surface area contributed by atoms with E-state index in [4.69, 9.17) is 10.5 Å². The van der Waals surface area contributed by atoms with Crippen molar-refractivity contribution in [3.63, 3.8) is 0 Å². The molecule has 0 spiro atoms. The van der Waals surface area contributed by atoms with Gasteiger partial charge in [0.25, 0.3) is 0 Å². The highest BCUT2D eigenvalue weighted by Gasteiger charge is 2.36. The van der Waals surface area contributed by atoms with E-state index in [1.165, 1.54) is 6.42 Å². The highest BCUT2D eigenvalue weighted by Crippen LogP contribution is 2.21. The van der Waals surface area contributed by atoms with Crippen molar-refractivity contribution in [3.05, 3.63) is 6.42 Å². The summed E-state index contributed by atoms with van der Waals surface area (Å²) in [4.78, 5) is 34.4. The molecule has 1 saturated heterocycles. The number of nitrogens with one attached hydrogen (secondary N) is 1.